The summed E-state index contributed by atoms with van der Waals surface area (Å²) >= 11 is 6.19. The number of aromatic nitrogens is 2. The van der Waals surface area contributed by atoms with E-state index in [1.807, 2.05) is 23.0 Å². The highest BCUT2D eigenvalue weighted by Gasteiger charge is 2.18. The Kier molecular flexibility index (Phi) is 4.17. The van der Waals surface area contributed by atoms with Gasteiger partial charge in [0.2, 0.25) is 0 Å². The van der Waals surface area contributed by atoms with E-state index in [9.17, 15) is 0 Å². The summed E-state index contributed by atoms with van der Waals surface area (Å²) in [6, 6.07) is 4.44. The van der Waals surface area contributed by atoms with Gasteiger partial charge in [-0.15, -0.1) is 0 Å². The standard InChI is InChI=1S/C16H20ClN3O/c1-11(2)18-7-12-8-19-20(9-12)10-14-6-15(17)5-13-3-4-21-16(13)14/h5-6,8-9,11,18H,3-4,7,10H2,1-2H3. The van der Waals surface area contributed by atoms with Gasteiger partial charge >= 0.3 is 0 Å². The molecule has 0 atom stereocenters. The van der Waals surface area contributed by atoms with E-state index >= 15 is 0 Å². The Hall–Kier alpha value is -1.52. The molecule has 0 saturated carbocycles. The number of hydrogen-bond acceptors (Lipinski definition) is 3. The van der Waals surface area contributed by atoms with Crippen LogP contribution in [0.2, 0.25) is 5.02 Å². The average molecular weight is 306 g/mol. The molecule has 1 aromatic carbocycles. The number of nitrogens with zero attached hydrogens (tertiary/aromatic N) is 2. The number of fused-ring (bicyclic) bond motifs is 1. The van der Waals surface area contributed by atoms with Gasteiger partial charge in [-0.3, -0.25) is 4.68 Å². The first-order chi connectivity index (χ1) is 10.1. The lowest BCUT2D eigenvalue weighted by Crippen LogP contribution is -2.21. The van der Waals surface area contributed by atoms with Gasteiger partial charge in [-0.1, -0.05) is 25.4 Å². The van der Waals surface area contributed by atoms with Gasteiger partial charge in [0.05, 0.1) is 19.3 Å². The molecule has 0 bridgehead atoms. The van der Waals surface area contributed by atoms with Gasteiger partial charge in [0.15, 0.2) is 0 Å². The van der Waals surface area contributed by atoms with E-state index < -0.39 is 0 Å². The Morgan fingerprint density at radius 2 is 2.29 bits per heavy atom. The second kappa shape index (κ2) is 6.08. The molecule has 0 saturated heterocycles. The summed E-state index contributed by atoms with van der Waals surface area (Å²) in [6.45, 7) is 6.53. The third kappa shape index (κ3) is 3.39. The van der Waals surface area contributed by atoms with Crippen LogP contribution in [0.25, 0.3) is 0 Å². The van der Waals surface area contributed by atoms with Crippen molar-refractivity contribution in [2.75, 3.05) is 6.61 Å². The number of halogens is 1. The zero-order chi connectivity index (χ0) is 14.8. The van der Waals surface area contributed by atoms with Gasteiger partial charge in [0.1, 0.15) is 5.75 Å². The minimum absolute atomic E-state index is 0.470. The maximum absolute atomic E-state index is 6.19. The summed E-state index contributed by atoms with van der Waals surface area (Å²) in [5, 5.41) is 8.58. The number of benzene rings is 1. The molecule has 1 aliphatic rings. The smallest absolute Gasteiger partial charge is 0.127 e. The van der Waals surface area contributed by atoms with Crippen LogP contribution in [-0.4, -0.2) is 22.4 Å². The Morgan fingerprint density at radius 1 is 1.43 bits per heavy atom. The van der Waals surface area contributed by atoms with Crippen molar-refractivity contribution in [3.05, 3.63) is 46.2 Å². The summed E-state index contributed by atoms with van der Waals surface area (Å²) in [6.07, 6.45) is 4.91. The van der Waals surface area contributed by atoms with E-state index in [0.29, 0.717) is 12.6 Å². The fraction of sp³-hybridized carbons (Fsp3) is 0.438. The molecule has 5 heteroatoms. The summed E-state index contributed by atoms with van der Waals surface area (Å²) in [5.41, 5.74) is 3.48. The fourth-order valence-corrected chi connectivity index (χ4v) is 2.81. The molecule has 0 amide bonds. The molecule has 21 heavy (non-hydrogen) atoms. The van der Waals surface area contributed by atoms with E-state index in [0.717, 1.165) is 35.9 Å². The molecule has 112 valence electrons. The highest BCUT2D eigenvalue weighted by atomic mass is 35.5. The molecule has 4 nitrogen and oxygen atoms in total. The Labute approximate surface area is 130 Å². The van der Waals surface area contributed by atoms with Crippen molar-refractivity contribution in [2.45, 2.75) is 39.4 Å². The van der Waals surface area contributed by atoms with Crippen molar-refractivity contribution in [1.29, 1.82) is 0 Å². The van der Waals surface area contributed by atoms with Crippen molar-refractivity contribution < 1.29 is 4.74 Å². The van der Waals surface area contributed by atoms with Crippen LogP contribution < -0.4 is 10.1 Å². The third-order valence-corrected chi connectivity index (χ3v) is 3.78. The highest BCUT2D eigenvalue weighted by molar-refractivity contribution is 6.30. The van der Waals surface area contributed by atoms with Crippen LogP contribution in [0.1, 0.15) is 30.5 Å². The average Bonchev–Trinajstić information content (AvgIpc) is 3.05. The lowest BCUT2D eigenvalue weighted by molar-refractivity contribution is 0.352. The molecule has 1 aliphatic heterocycles. The number of ether oxygens (including phenoxy) is 1. The molecule has 1 aromatic heterocycles. The van der Waals surface area contributed by atoms with E-state index in [1.54, 1.807) is 0 Å². The molecule has 2 heterocycles. The first kappa shape index (κ1) is 14.4. The maximum atomic E-state index is 6.19. The van der Waals surface area contributed by atoms with Crippen LogP contribution in [0.3, 0.4) is 0 Å². The SMILES string of the molecule is CC(C)NCc1cnn(Cc2cc(Cl)cc3c2OCC3)c1. The van der Waals surface area contributed by atoms with Crippen molar-refractivity contribution in [1.82, 2.24) is 15.1 Å². The quantitative estimate of drug-likeness (QED) is 0.923. The van der Waals surface area contributed by atoms with Crippen molar-refractivity contribution >= 4 is 11.6 Å². The van der Waals surface area contributed by atoms with Gasteiger partial charge in [0, 0.05) is 41.4 Å². The Bertz CT molecular complexity index is 636. The minimum Gasteiger partial charge on any atom is -0.493 e. The number of nitrogens with one attached hydrogen (secondary N) is 1. The molecule has 1 N–H and O–H groups in total. The number of hydrogen-bond donors (Lipinski definition) is 1. The topological polar surface area (TPSA) is 39.1 Å². The van der Waals surface area contributed by atoms with Crippen LogP contribution >= 0.6 is 11.6 Å². The van der Waals surface area contributed by atoms with Gasteiger partial charge in [-0.05, 0) is 17.7 Å². The first-order valence-corrected chi connectivity index (χ1v) is 7.68. The second-order valence-corrected chi connectivity index (χ2v) is 6.17. The zero-order valence-corrected chi connectivity index (χ0v) is 13.2. The van der Waals surface area contributed by atoms with Crippen LogP contribution in [-0.2, 0) is 19.5 Å². The van der Waals surface area contributed by atoms with E-state index in [1.165, 1.54) is 11.1 Å². The normalized spacial score (nSPS) is 13.5. The molecule has 3 rings (SSSR count). The highest BCUT2D eigenvalue weighted by Crippen LogP contribution is 2.33. The predicted octanol–water partition coefficient (Wildman–Crippen LogP) is 3.02. The van der Waals surface area contributed by atoms with Crippen molar-refractivity contribution in [2.24, 2.45) is 0 Å². The summed E-state index contributed by atoms with van der Waals surface area (Å²) in [4.78, 5) is 0. The van der Waals surface area contributed by atoms with Crippen LogP contribution in [0.5, 0.6) is 5.75 Å². The van der Waals surface area contributed by atoms with Crippen molar-refractivity contribution in [3.8, 4) is 5.75 Å². The van der Waals surface area contributed by atoms with Gasteiger partial charge in [-0.2, -0.15) is 5.10 Å². The molecule has 0 fully saturated rings. The number of rotatable bonds is 5. The fourth-order valence-electron chi connectivity index (χ4n) is 2.54. The first-order valence-electron chi connectivity index (χ1n) is 7.30. The monoisotopic (exact) mass is 305 g/mol. The van der Waals surface area contributed by atoms with Crippen LogP contribution in [0.4, 0.5) is 0 Å². The summed E-state index contributed by atoms with van der Waals surface area (Å²) in [5.74, 6) is 0.983. The van der Waals surface area contributed by atoms with Gasteiger partial charge in [0.25, 0.3) is 0 Å². The van der Waals surface area contributed by atoms with E-state index in [-0.39, 0.29) is 0 Å². The minimum atomic E-state index is 0.470. The second-order valence-electron chi connectivity index (χ2n) is 5.73. The molecular weight excluding hydrogens is 286 g/mol. The van der Waals surface area contributed by atoms with E-state index in [2.05, 4.69) is 30.5 Å². The van der Waals surface area contributed by atoms with Gasteiger partial charge in [-0.25, -0.2) is 0 Å². The molecular formula is C16H20ClN3O. The molecule has 0 aliphatic carbocycles. The molecule has 2 aromatic rings. The third-order valence-electron chi connectivity index (χ3n) is 3.56. The molecule has 0 spiro atoms. The van der Waals surface area contributed by atoms with Crippen molar-refractivity contribution in [3.63, 3.8) is 0 Å². The summed E-state index contributed by atoms with van der Waals surface area (Å²) in [7, 11) is 0. The van der Waals surface area contributed by atoms with Gasteiger partial charge < -0.3 is 10.1 Å². The summed E-state index contributed by atoms with van der Waals surface area (Å²) < 4.78 is 7.67. The molecule has 0 unspecified atom stereocenters. The van der Waals surface area contributed by atoms with E-state index in [4.69, 9.17) is 16.3 Å². The largest absolute Gasteiger partial charge is 0.493 e. The molecule has 0 radical (unpaired) electrons. The zero-order valence-electron chi connectivity index (χ0n) is 12.4. The predicted molar refractivity (Wildman–Crippen MR) is 84.0 cm³/mol. The van der Waals surface area contributed by atoms with Crippen LogP contribution in [0.15, 0.2) is 24.5 Å². The van der Waals surface area contributed by atoms with Crippen LogP contribution in [0, 0.1) is 0 Å². The lowest BCUT2D eigenvalue weighted by atomic mass is 10.1. The maximum Gasteiger partial charge on any atom is 0.127 e. The Balaban J connectivity index is 1.75. The Morgan fingerprint density at radius 3 is 3.10 bits per heavy atom. The lowest BCUT2D eigenvalue weighted by Gasteiger charge is -2.09.